The van der Waals surface area contributed by atoms with Gasteiger partial charge in [-0.2, -0.15) is 4.39 Å². The zero-order valence-corrected chi connectivity index (χ0v) is 9.90. The largest absolute Gasteiger partial charge is 0.381 e. The van der Waals surface area contributed by atoms with Crippen molar-refractivity contribution < 1.29 is 4.39 Å². The summed E-state index contributed by atoms with van der Waals surface area (Å²) in [4.78, 5) is 6.27. The third-order valence-electron chi connectivity index (χ3n) is 3.92. The number of piperidine rings is 1. The van der Waals surface area contributed by atoms with E-state index in [0.717, 1.165) is 11.7 Å². The first-order chi connectivity index (χ1) is 8.31. The molecular weight excluding hydrogens is 217 g/mol. The highest BCUT2D eigenvalue weighted by Gasteiger charge is 2.31. The monoisotopic (exact) mass is 235 g/mol. The Labute approximate surface area is 101 Å². The molecule has 2 aliphatic rings. The van der Waals surface area contributed by atoms with Crippen LogP contribution in [-0.4, -0.2) is 35.1 Å². The van der Waals surface area contributed by atoms with Crippen molar-refractivity contribution in [3.05, 3.63) is 24.3 Å². The van der Waals surface area contributed by atoms with Crippen LogP contribution in [0.1, 0.15) is 25.7 Å². The van der Waals surface area contributed by atoms with E-state index in [0.29, 0.717) is 6.04 Å². The van der Waals surface area contributed by atoms with Crippen molar-refractivity contribution >= 4 is 5.69 Å². The zero-order chi connectivity index (χ0) is 11.7. The number of anilines is 1. The second-order valence-corrected chi connectivity index (χ2v) is 5.07. The molecule has 0 amide bonds. The van der Waals surface area contributed by atoms with Crippen molar-refractivity contribution in [3.63, 3.8) is 0 Å². The fraction of sp³-hybridized carbons (Fsp3) is 0.615. The lowest BCUT2D eigenvalue weighted by molar-refractivity contribution is 0.188. The first kappa shape index (κ1) is 11.0. The maximum absolute atomic E-state index is 12.7. The minimum atomic E-state index is -0.416. The summed E-state index contributed by atoms with van der Waals surface area (Å²) < 4.78 is 12.7. The molecule has 0 saturated carbocycles. The van der Waals surface area contributed by atoms with E-state index in [1.807, 2.05) is 0 Å². The quantitative estimate of drug-likeness (QED) is 0.797. The predicted octanol–water partition coefficient (Wildman–Crippen LogP) is 2.26. The van der Waals surface area contributed by atoms with Crippen LogP contribution >= 0.6 is 0 Å². The van der Waals surface area contributed by atoms with Gasteiger partial charge in [0.05, 0.1) is 11.9 Å². The van der Waals surface area contributed by atoms with Gasteiger partial charge in [-0.25, -0.2) is 4.98 Å². The van der Waals surface area contributed by atoms with Gasteiger partial charge in [-0.3, -0.25) is 0 Å². The molecule has 17 heavy (non-hydrogen) atoms. The Bertz CT molecular complexity index is 379. The summed E-state index contributed by atoms with van der Waals surface area (Å²) >= 11 is 0. The van der Waals surface area contributed by atoms with Crippen LogP contribution in [0.25, 0.3) is 0 Å². The van der Waals surface area contributed by atoms with Crippen molar-refractivity contribution in [1.29, 1.82) is 0 Å². The fourth-order valence-electron chi connectivity index (χ4n) is 3.05. The second kappa shape index (κ2) is 4.61. The SMILES string of the molecule is Fc1ccc(NC2CCN3CCCC3C2)cn1. The van der Waals surface area contributed by atoms with Gasteiger partial charge in [-0.05, 0) is 44.4 Å². The number of hydrogen-bond acceptors (Lipinski definition) is 3. The summed E-state index contributed by atoms with van der Waals surface area (Å²) in [6, 6.07) is 4.45. The number of nitrogens with zero attached hydrogens (tertiary/aromatic N) is 2. The molecule has 92 valence electrons. The number of aromatic nitrogens is 1. The van der Waals surface area contributed by atoms with E-state index in [1.54, 1.807) is 12.3 Å². The number of fused-ring (bicyclic) bond motifs is 1. The molecular formula is C13H18FN3. The zero-order valence-electron chi connectivity index (χ0n) is 9.90. The molecule has 0 aliphatic carbocycles. The second-order valence-electron chi connectivity index (χ2n) is 5.07. The molecule has 2 aliphatic heterocycles. The molecule has 0 spiro atoms. The maximum atomic E-state index is 12.7. The highest BCUT2D eigenvalue weighted by atomic mass is 19.1. The molecule has 1 aromatic heterocycles. The Morgan fingerprint density at radius 2 is 2.24 bits per heavy atom. The van der Waals surface area contributed by atoms with Gasteiger partial charge in [-0.1, -0.05) is 0 Å². The summed E-state index contributed by atoms with van der Waals surface area (Å²) in [5.41, 5.74) is 0.933. The fourth-order valence-corrected chi connectivity index (χ4v) is 3.05. The Morgan fingerprint density at radius 3 is 3.06 bits per heavy atom. The van der Waals surface area contributed by atoms with Crippen molar-refractivity contribution in [2.24, 2.45) is 0 Å². The van der Waals surface area contributed by atoms with Gasteiger partial charge >= 0.3 is 0 Å². The standard InChI is InChI=1S/C13H18FN3/c14-13-4-3-11(9-15-13)16-10-5-7-17-6-1-2-12(17)8-10/h3-4,9-10,12,16H,1-2,5-8H2. The van der Waals surface area contributed by atoms with Crippen LogP contribution in [-0.2, 0) is 0 Å². The Balaban J connectivity index is 1.60. The van der Waals surface area contributed by atoms with Crippen molar-refractivity contribution in [3.8, 4) is 0 Å². The smallest absolute Gasteiger partial charge is 0.212 e. The van der Waals surface area contributed by atoms with E-state index < -0.39 is 5.95 Å². The number of halogens is 1. The van der Waals surface area contributed by atoms with Gasteiger partial charge in [0.15, 0.2) is 0 Å². The van der Waals surface area contributed by atoms with E-state index in [9.17, 15) is 4.39 Å². The van der Waals surface area contributed by atoms with Crippen LogP contribution in [0, 0.1) is 5.95 Å². The number of nitrogens with one attached hydrogen (secondary N) is 1. The molecule has 1 N–H and O–H groups in total. The molecule has 0 aromatic carbocycles. The molecule has 2 atom stereocenters. The van der Waals surface area contributed by atoms with E-state index >= 15 is 0 Å². The van der Waals surface area contributed by atoms with Crippen molar-refractivity contribution in [2.75, 3.05) is 18.4 Å². The highest BCUT2D eigenvalue weighted by Crippen LogP contribution is 2.28. The normalized spacial score (nSPS) is 29.0. The minimum absolute atomic E-state index is 0.416. The van der Waals surface area contributed by atoms with Gasteiger partial charge in [-0.15, -0.1) is 0 Å². The molecule has 3 rings (SSSR count). The number of pyridine rings is 1. The number of hydrogen-bond donors (Lipinski definition) is 1. The van der Waals surface area contributed by atoms with Crippen LogP contribution in [0.4, 0.5) is 10.1 Å². The van der Waals surface area contributed by atoms with Crippen LogP contribution in [0.2, 0.25) is 0 Å². The minimum Gasteiger partial charge on any atom is -0.381 e. The van der Waals surface area contributed by atoms with E-state index in [-0.39, 0.29) is 0 Å². The molecule has 2 saturated heterocycles. The van der Waals surface area contributed by atoms with E-state index in [4.69, 9.17) is 0 Å². The van der Waals surface area contributed by atoms with Crippen LogP contribution in [0.15, 0.2) is 18.3 Å². The lowest BCUT2D eigenvalue weighted by Crippen LogP contribution is -2.42. The van der Waals surface area contributed by atoms with Gasteiger partial charge in [0.2, 0.25) is 5.95 Å². The molecule has 0 bridgehead atoms. The van der Waals surface area contributed by atoms with Gasteiger partial charge in [0, 0.05) is 18.6 Å². The first-order valence-corrected chi connectivity index (χ1v) is 6.43. The molecule has 0 radical (unpaired) electrons. The summed E-state index contributed by atoms with van der Waals surface area (Å²) in [5.74, 6) is -0.416. The first-order valence-electron chi connectivity index (χ1n) is 6.43. The van der Waals surface area contributed by atoms with E-state index in [1.165, 1.54) is 44.8 Å². The molecule has 4 heteroatoms. The Morgan fingerprint density at radius 1 is 1.29 bits per heavy atom. The predicted molar refractivity (Wildman–Crippen MR) is 65.4 cm³/mol. The Kier molecular flexibility index (Phi) is 2.97. The molecule has 3 nitrogen and oxygen atoms in total. The molecule has 1 aromatic rings. The average Bonchev–Trinajstić information content (AvgIpc) is 2.79. The van der Waals surface area contributed by atoms with Crippen molar-refractivity contribution in [2.45, 2.75) is 37.8 Å². The topological polar surface area (TPSA) is 28.2 Å². The average molecular weight is 235 g/mol. The third-order valence-corrected chi connectivity index (χ3v) is 3.92. The third kappa shape index (κ3) is 2.41. The lowest BCUT2D eigenvalue weighted by Gasteiger charge is -2.35. The highest BCUT2D eigenvalue weighted by molar-refractivity contribution is 5.41. The van der Waals surface area contributed by atoms with Gasteiger partial charge in [0.25, 0.3) is 0 Å². The van der Waals surface area contributed by atoms with Gasteiger partial charge < -0.3 is 10.2 Å². The summed E-state index contributed by atoms with van der Waals surface area (Å²) in [5, 5.41) is 3.46. The molecule has 3 heterocycles. The van der Waals surface area contributed by atoms with Crippen LogP contribution in [0.3, 0.4) is 0 Å². The Hall–Kier alpha value is -1.16. The van der Waals surface area contributed by atoms with Crippen molar-refractivity contribution in [1.82, 2.24) is 9.88 Å². The van der Waals surface area contributed by atoms with E-state index in [2.05, 4.69) is 15.2 Å². The van der Waals surface area contributed by atoms with Crippen LogP contribution in [0.5, 0.6) is 0 Å². The molecule has 2 fully saturated rings. The summed E-state index contributed by atoms with van der Waals surface area (Å²) in [6.45, 7) is 2.46. The lowest BCUT2D eigenvalue weighted by atomic mass is 9.97. The summed E-state index contributed by atoms with van der Waals surface area (Å²) in [6.07, 6.45) is 6.64. The van der Waals surface area contributed by atoms with Gasteiger partial charge in [0.1, 0.15) is 0 Å². The number of rotatable bonds is 2. The summed E-state index contributed by atoms with van der Waals surface area (Å²) in [7, 11) is 0. The molecule has 2 unspecified atom stereocenters. The maximum Gasteiger partial charge on any atom is 0.212 e. The van der Waals surface area contributed by atoms with Crippen LogP contribution < -0.4 is 5.32 Å².